The van der Waals surface area contributed by atoms with Crippen LogP contribution in [0.3, 0.4) is 0 Å². The zero-order chi connectivity index (χ0) is 20.8. The van der Waals surface area contributed by atoms with Crippen LogP contribution in [-0.2, 0) is 0 Å². The second-order valence-electron chi connectivity index (χ2n) is 7.84. The van der Waals surface area contributed by atoms with Gasteiger partial charge >= 0.3 is 0 Å². The van der Waals surface area contributed by atoms with E-state index in [0.717, 1.165) is 38.5 Å². The molecule has 146 valence electrons. The Morgan fingerprint density at radius 3 is 2.10 bits per heavy atom. The highest BCUT2D eigenvalue weighted by molar-refractivity contribution is 6.23. The van der Waals surface area contributed by atoms with Crippen LogP contribution in [0, 0.1) is 0 Å². The molecule has 2 heteroatoms. The molecule has 1 aromatic heterocycles. The minimum atomic E-state index is 0.0421. The van der Waals surface area contributed by atoms with E-state index in [1.54, 1.807) is 0 Å². The summed E-state index contributed by atoms with van der Waals surface area (Å²) in [5, 5.41) is 4.40. The predicted octanol–water partition coefficient (Wildman–Crippen LogP) is 7.37. The molecule has 0 atom stereocenters. The van der Waals surface area contributed by atoms with Gasteiger partial charge in [-0.25, -0.2) is 0 Å². The fourth-order valence-electron chi connectivity index (χ4n) is 4.51. The molecule has 0 saturated heterocycles. The van der Waals surface area contributed by atoms with Gasteiger partial charge < -0.3 is 4.98 Å². The van der Waals surface area contributed by atoms with Crippen LogP contribution in [0.2, 0.25) is 0 Å². The lowest BCUT2D eigenvalue weighted by molar-refractivity contribution is 0.104. The van der Waals surface area contributed by atoms with Crippen LogP contribution in [0.5, 0.6) is 0 Å². The van der Waals surface area contributed by atoms with Crippen LogP contribution < -0.4 is 0 Å². The molecule has 2 nitrogen and oxygen atoms in total. The normalized spacial score (nSPS) is 11.4. The van der Waals surface area contributed by atoms with Crippen molar-refractivity contribution in [1.29, 1.82) is 0 Å². The van der Waals surface area contributed by atoms with E-state index in [2.05, 4.69) is 59.6 Å². The minimum absolute atomic E-state index is 0.0421. The number of para-hydroxylation sites is 1. The molecule has 0 bridgehead atoms. The predicted molar refractivity (Wildman–Crippen MR) is 129 cm³/mol. The Kier molecular flexibility index (Phi) is 3.97. The van der Waals surface area contributed by atoms with Gasteiger partial charge in [0.05, 0.1) is 0 Å². The first-order chi connectivity index (χ1) is 15.3. The first kappa shape index (κ1) is 17.7. The molecule has 0 unspecified atom stereocenters. The SMILES string of the molecule is O=C(c1ccccc1)c1c(-c2ccccc2)ccc2cc3c(cc12)[nH]c1ccccc13. The Balaban J connectivity index is 1.71. The van der Waals surface area contributed by atoms with Crippen LogP contribution in [0.15, 0.2) is 109 Å². The third-order valence-electron chi connectivity index (χ3n) is 5.99. The van der Waals surface area contributed by atoms with Gasteiger partial charge in [-0.1, -0.05) is 91.0 Å². The Labute approximate surface area is 179 Å². The van der Waals surface area contributed by atoms with E-state index < -0.39 is 0 Å². The van der Waals surface area contributed by atoms with E-state index in [1.807, 2.05) is 54.6 Å². The van der Waals surface area contributed by atoms with E-state index in [0.29, 0.717) is 5.56 Å². The number of benzene rings is 5. The van der Waals surface area contributed by atoms with Crippen molar-refractivity contribution < 1.29 is 4.79 Å². The number of fused-ring (bicyclic) bond motifs is 4. The molecule has 6 aromatic rings. The second kappa shape index (κ2) is 6.96. The van der Waals surface area contributed by atoms with Crippen molar-refractivity contribution in [2.24, 2.45) is 0 Å². The van der Waals surface area contributed by atoms with E-state index in [9.17, 15) is 4.79 Å². The third kappa shape index (κ3) is 2.84. The fourth-order valence-corrected chi connectivity index (χ4v) is 4.51. The van der Waals surface area contributed by atoms with Gasteiger partial charge in [-0.15, -0.1) is 0 Å². The molecule has 1 N–H and O–H groups in total. The van der Waals surface area contributed by atoms with Gasteiger partial charge in [-0.2, -0.15) is 0 Å². The van der Waals surface area contributed by atoms with Crippen molar-refractivity contribution >= 4 is 38.4 Å². The fraction of sp³-hybridized carbons (Fsp3) is 0. The van der Waals surface area contributed by atoms with Gasteiger partial charge in [0, 0.05) is 32.9 Å². The molecular weight excluding hydrogens is 378 g/mol. The highest BCUT2D eigenvalue weighted by Gasteiger charge is 2.19. The van der Waals surface area contributed by atoms with Crippen molar-refractivity contribution in [3.63, 3.8) is 0 Å². The molecule has 0 aliphatic carbocycles. The Hall–Kier alpha value is -4.17. The number of ketones is 1. The molecule has 6 rings (SSSR count). The minimum Gasteiger partial charge on any atom is -0.354 e. The zero-order valence-electron chi connectivity index (χ0n) is 16.8. The summed E-state index contributed by atoms with van der Waals surface area (Å²) < 4.78 is 0. The molecule has 0 spiro atoms. The van der Waals surface area contributed by atoms with Crippen LogP contribution in [0.25, 0.3) is 43.7 Å². The first-order valence-electron chi connectivity index (χ1n) is 10.4. The molecule has 31 heavy (non-hydrogen) atoms. The third-order valence-corrected chi connectivity index (χ3v) is 5.99. The number of aromatic nitrogens is 1. The molecule has 0 fully saturated rings. The maximum atomic E-state index is 13.8. The largest absolute Gasteiger partial charge is 0.354 e. The Morgan fingerprint density at radius 1 is 0.581 bits per heavy atom. The van der Waals surface area contributed by atoms with Crippen LogP contribution >= 0.6 is 0 Å². The van der Waals surface area contributed by atoms with Crippen molar-refractivity contribution in [2.45, 2.75) is 0 Å². The van der Waals surface area contributed by atoms with Crippen molar-refractivity contribution in [1.82, 2.24) is 4.98 Å². The van der Waals surface area contributed by atoms with E-state index in [1.165, 1.54) is 10.8 Å². The number of carbonyl (C=O) groups excluding carboxylic acids is 1. The highest BCUT2D eigenvalue weighted by atomic mass is 16.1. The van der Waals surface area contributed by atoms with Gasteiger partial charge in [0.2, 0.25) is 0 Å². The molecule has 0 amide bonds. The summed E-state index contributed by atoms with van der Waals surface area (Å²) in [6.45, 7) is 0. The summed E-state index contributed by atoms with van der Waals surface area (Å²) in [5.41, 5.74) is 5.59. The number of H-pyrrole nitrogens is 1. The lowest BCUT2D eigenvalue weighted by Gasteiger charge is -2.13. The quantitative estimate of drug-likeness (QED) is 0.311. The number of hydrogen-bond donors (Lipinski definition) is 1. The van der Waals surface area contributed by atoms with Crippen LogP contribution in [0.1, 0.15) is 15.9 Å². The maximum absolute atomic E-state index is 13.8. The number of carbonyl (C=O) groups is 1. The van der Waals surface area contributed by atoms with Crippen LogP contribution in [0.4, 0.5) is 0 Å². The summed E-state index contributed by atoms with van der Waals surface area (Å²) in [6.07, 6.45) is 0. The summed E-state index contributed by atoms with van der Waals surface area (Å²) >= 11 is 0. The number of hydrogen-bond acceptors (Lipinski definition) is 1. The summed E-state index contributed by atoms with van der Waals surface area (Å²) in [4.78, 5) is 17.3. The molecule has 1 heterocycles. The molecule has 0 saturated carbocycles. The van der Waals surface area contributed by atoms with E-state index in [-0.39, 0.29) is 5.78 Å². The van der Waals surface area contributed by atoms with Crippen LogP contribution in [-0.4, -0.2) is 10.8 Å². The second-order valence-corrected chi connectivity index (χ2v) is 7.84. The highest BCUT2D eigenvalue weighted by Crippen LogP contribution is 2.36. The molecule has 5 aromatic carbocycles. The summed E-state index contributed by atoms with van der Waals surface area (Å²) in [5.74, 6) is 0.0421. The lowest BCUT2D eigenvalue weighted by atomic mass is 9.89. The Bertz CT molecular complexity index is 1580. The summed E-state index contributed by atoms with van der Waals surface area (Å²) in [6, 6.07) is 36.5. The van der Waals surface area contributed by atoms with Gasteiger partial charge in [0.1, 0.15) is 0 Å². The zero-order valence-corrected chi connectivity index (χ0v) is 16.8. The van der Waals surface area contributed by atoms with E-state index >= 15 is 0 Å². The monoisotopic (exact) mass is 397 g/mol. The average molecular weight is 397 g/mol. The van der Waals surface area contributed by atoms with Gasteiger partial charge in [-0.3, -0.25) is 4.79 Å². The van der Waals surface area contributed by atoms with Crippen molar-refractivity contribution in [3.8, 4) is 11.1 Å². The molecule has 0 aliphatic rings. The number of rotatable bonds is 3. The average Bonchev–Trinajstić information content (AvgIpc) is 3.20. The lowest BCUT2D eigenvalue weighted by Crippen LogP contribution is -2.04. The molecule has 0 aliphatic heterocycles. The molecule has 0 radical (unpaired) electrons. The maximum Gasteiger partial charge on any atom is 0.194 e. The standard InChI is InChI=1S/C29H19NO/c31-29(20-11-5-2-6-12-20)28-22(19-9-3-1-4-10-19)16-15-21-17-25-23-13-7-8-14-26(23)30-27(25)18-24(21)28/h1-18,30H. The molecular formula is C29H19NO. The van der Waals surface area contributed by atoms with E-state index in [4.69, 9.17) is 0 Å². The first-order valence-corrected chi connectivity index (χ1v) is 10.4. The number of aromatic amines is 1. The summed E-state index contributed by atoms with van der Waals surface area (Å²) in [7, 11) is 0. The van der Waals surface area contributed by atoms with Crippen molar-refractivity contribution in [2.75, 3.05) is 0 Å². The smallest absolute Gasteiger partial charge is 0.194 e. The topological polar surface area (TPSA) is 32.9 Å². The van der Waals surface area contributed by atoms with Gasteiger partial charge in [0.15, 0.2) is 5.78 Å². The van der Waals surface area contributed by atoms with Gasteiger partial charge in [0.25, 0.3) is 0 Å². The Morgan fingerprint density at radius 2 is 1.29 bits per heavy atom. The van der Waals surface area contributed by atoms with Gasteiger partial charge in [-0.05, 0) is 40.1 Å². The number of nitrogens with one attached hydrogen (secondary N) is 1. The van der Waals surface area contributed by atoms with Crippen molar-refractivity contribution in [3.05, 3.63) is 120 Å².